The smallest absolute Gasteiger partial charge is 0.297 e. The molecule has 0 amide bonds. The summed E-state index contributed by atoms with van der Waals surface area (Å²) in [5.41, 5.74) is 1.000. The number of anilines is 1. The molecule has 2 aliphatic heterocycles. The van der Waals surface area contributed by atoms with Crippen molar-refractivity contribution < 1.29 is 4.42 Å². The van der Waals surface area contributed by atoms with Gasteiger partial charge in [-0.15, -0.1) is 0 Å². The van der Waals surface area contributed by atoms with Crippen LogP contribution in [0.1, 0.15) is 38.8 Å². The second-order valence-electron chi connectivity index (χ2n) is 6.29. The summed E-state index contributed by atoms with van der Waals surface area (Å²) in [6, 6.07) is 1.97. The van der Waals surface area contributed by atoms with Gasteiger partial charge in [0.2, 0.25) is 0 Å². The molecule has 112 valence electrons. The highest BCUT2D eigenvalue weighted by atomic mass is 16.4. The summed E-state index contributed by atoms with van der Waals surface area (Å²) in [5, 5.41) is 3.37. The average Bonchev–Trinajstić information content (AvgIpc) is 2.93. The molecule has 2 fully saturated rings. The van der Waals surface area contributed by atoms with Gasteiger partial charge in [-0.3, -0.25) is 4.90 Å². The van der Waals surface area contributed by atoms with E-state index in [9.17, 15) is 0 Å². The molecule has 0 aromatic carbocycles. The van der Waals surface area contributed by atoms with Gasteiger partial charge >= 0.3 is 0 Å². The highest BCUT2D eigenvalue weighted by molar-refractivity contribution is 5.29. The lowest BCUT2D eigenvalue weighted by Crippen LogP contribution is -2.55. The van der Waals surface area contributed by atoms with Gasteiger partial charge < -0.3 is 14.6 Å². The van der Waals surface area contributed by atoms with Crippen LogP contribution in [0.25, 0.3) is 0 Å². The zero-order valence-electron chi connectivity index (χ0n) is 12.6. The van der Waals surface area contributed by atoms with Gasteiger partial charge in [0.1, 0.15) is 6.26 Å². The number of rotatable bonds is 4. The molecule has 1 aromatic rings. The highest BCUT2D eigenvalue weighted by Gasteiger charge is 2.30. The van der Waals surface area contributed by atoms with E-state index in [4.69, 9.17) is 4.42 Å². The maximum atomic E-state index is 5.67. The maximum Gasteiger partial charge on any atom is 0.297 e. The number of piperazine rings is 1. The van der Waals surface area contributed by atoms with E-state index >= 15 is 0 Å². The van der Waals surface area contributed by atoms with Crippen molar-refractivity contribution in [2.24, 2.45) is 0 Å². The topological polar surface area (TPSA) is 44.5 Å². The van der Waals surface area contributed by atoms with Crippen molar-refractivity contribution in [1.29, 1.82) is 0 Å². The van der Waals surface area contributed by atoms with Crippen LogP contribution >= 0.6 is 0 Å². The molecule has 1 unspecified atom stereocenters. The molecule has 0 saturated carbocycles. The van der Waals surface area contributed by atoms with E-state index < -0.39 is 0 Å². The lowest BCUT2D eigenvalue weighted by atomic mass is 10.00. The van der Waals surface area contributed by atoms with Crippen LogP contribution in [0.4, 0.5) is 6.01 Å². The maximum absolute atomic E-state index is 5.67. The SMILES string of the molecule is CC(C)NCc1coc(N2CCN3CCCCC3C2)n1. The second-order valence-corrected chi connectivity index (χ2v) is 6.29. The molecule has 1 N–H and O–H groups in total. The van der Waals surface area contributed by atoms with Crippen LogP contribution in [0.3, 0.4) is 0 Å². The van der Waals surface area contributed by atoms with Gasteiger partial charge in [-0.2, -0.15) is 4.98 Å². The second kappa shape index (κ2) is 6.14. The van der Waals surface area contributed by atoms with E-state index in [0.717, 1.165) is 37.9 Å². The summed E-state index contributed by atoms with van der Waals surface area (Å²) in [5.74, 6) is 0. The number of aromatic nitrogens is 1. The molecule has 5 nitrogen and oxygen atoms in total. The molecule has 1 aromatic heterocycles. The first kappa shape index (κ1) is 13.9. The first-order chi connectivity index (χ1) is 9.72. The van der Waals surface area contributed by atoms with Crippen LogP contribution in [0.2, 0.25) is 0 Å². The third-order valence-corrected chi connectivity index (χ3v) is 4.34. The van der Waals surface area contributed by atoms with Gasteiger partial charge in [-0.25, -0.2) is 0 Å². The van der Waals surface area contributed by atoms with Crippen molar-refractivity contribution in [3.05, 3.63) is 12.0 Å². The van der Waals surface area contributed by atoms with E-state index in [-0.39, 0.29) is 0 Å². The Morgan fingerprint density at radius 1 is 1.35 bits per heavy atom. The van der Waals surface area contributed by atoms with E-state index in [2.05, 4.69) is 33.9 Å². The number of fused-ring (bicyclic) bond motifs is 1. The zero-order chi connectivity index (χ0) is 13.9. The number of nitrogens with one attached hydrogen (secondary N) is 1. The largest absolute Gasteiger partial charge is 0.432 e. The molecule has 0 spiro atoms. The Balaban J connectivity index is 1.59. The van der Waals surface area contributed by atoms with Crippen LogP contribution < -0.4 is 10.2 Å². The molecule has 2 saturated heterocycles. The summed E-state index contributed by atoms with van der Waals surface area (Å²) in [7, 11) is 0. The molecular weight excluding hydrogens is 252 g/mol. The van der Waals surface area contributed by atoms with Gasteiger partial charge in [0, 0.05) is 38.3 Å². The Kier molecular flexibility index (Phi) is 4.27. The summed E-state index contributed by atoms with van der Waals surface area (Å²) in [6.07, 6.45) is 5.83. The Hall–Kier alpha value is -1.07. The number of oxazole rings is 1. The van der Waals surface area contributed by atoms with E-state index in [1.807, 2.05) is 0 Å². The predicted molar refractivity (Wildman–Crippen MR) is 79.9 cm³/mol. The standard InChI is InChI=1S/C15H26N4O/c1-12(2)16-9-13-11-20-15(17-13)19-8-7-18-6-4-3-5-14(18)10-19/h11-12,14,16H,3-10H2,1-2H3. The quantitative estimate of drug-likeness (QED) is 0.910. The summed E-state index contributed by atoms with van der Waals surface area (Å²) < 4.78 is 5.67. The summed E-state index contributed by atoms with van der Waals surface area (Å²) >= 11 is 0. The molecule has 20 heavy (non-hydrogen) atoms. The summed E-state index contributed by atoms with van der Waals surface area (Å²) in [6.45, 7) is 9.59. The zero-order valence-corrected chi connectivity index (χ0v) is 12.6. The highest BCUT2D eigenvalue weighted by Crippen LogP contribution is 2.24. The van der Waals surface area contributed by atoms with Crippen molar-refractivity contribution in [2.45, 2.75) is 51.7 Å². The molecule has 2 aliphatic rings. The number of hydrogen-bond acceptors (Lipinski definition) is 5. The normalized spacial score (nSPS) is 24.1. The summed E-state index contributed by atoms with van der Waals surface area (Å²) in [4.78, 5) is 9.56. The molecule has 3 rings (SSSR count). The van der Waals surface area contributed by atoms with Crippen molar-refractivity contribution in [1.82, 2.24) is 15.2 Å². The Morgan fingerprint density at radius 3 is 3.10 bits per heavy atom. The van der Waals surface area contributed by atoms with E-state index in [0.29, 0.717) is 12.1 Å². The number of hydrogen-bond donors (Lipinski definition) is 1. The van der Waals surface area contributed by atoms with Gasteiger partial charge in [0.25, 0.3) is 6.01 Å². The monoisotopic (exact) mass is 278 g/mol. The first-order valence-corrected chi connectivity index (χ1v) is 7.89. The number of nitrogens with zero attached hydrogens (tertiary/aromatic N) is 3. The minimum absolute atomic E-state index is 0.473. The van der Waals surface area contributed by atoms with Crippen LogP contribution in [0, 0.1) is 0 Å². The third kappa shape index (κ3) is 3.15. The van der Waals surface area contributed by atoms with Gasteiger partial charge in [-0.1, -0.05) is 20.3 Å². The first-order valence-electron chi connectivity index (χ1n) is 7.89. The molecule has 1 atom stereocenters. The van der Waals surface area contributed by atoms with Crippen molar-refractivity contribution >= 4 is 6.01 Å². The molecular formula is C15H26N4O. The van der Waals surface area contributed by atoms with E-state index in [1.54, 1.807) is 6.26 Å². The lowest BCUT2D eigenvalue weighted by molar-refractivity contribution is 0.131. The predicted octanol–water partition coefficient (Wildman–Crippen LogP) is 1.85. The number of piperidine rings is 1. The third-order valence-electron chi connectivity index (χ3n) is 4.34. The van der Waals surface area contributed by atoms with Crippen LogP contribution in [-0.4, -0.2) is 48.1 Å². The molecule has 0 radical (unpaired) electrons. The van der Waals surface area contributed by atoms with Gasteiger partial charge in [-0.05, 0) is 19.4 Å². The minimum atomic E-state index is 0.473. The van der Waals surface area contributed by atoms with Crippen LogP contribution in [0.5, 0.6) is 0 Å². The molecule has 0 bridgehead atoms. The average molecular weight is 278 g/mol. The van der Waals surface area contributed by atoms with Crippen molar-refractivity contribution in [3.63, 3.8) is 0 Å². The Bertz CT molecular complexity index is 431. The van der Waals surface area contributed by atoms with Crippen LogP contribution in [-0.2, 0) is 6.54 Å². The lowest BCUT2D eigenvalue weighted by Gasteiger charge is -2.43. The van der Waals surface area contributed by atoms with Gasteiger partial charge in [0.15, 0.2) is 0 Å². The fraction of sp³-hybridized carbons (Fsp3) is 0.800. The molecule has 5 heteroatoms. The van der Waals surface area contributed by atoms with Crippen molar-refractivity contribution in [2.75, 3.05) is 31.1 Å². The van der Waals surface area contributed by atoms with Crippen LogP contribution in [0.15, 0.2) is 10.7 Å². The minimum Gasteiger partial charge on any atom is -0.432 e. The fourth-order valence-corrected chi connectivity index (χ4v) is 3.16. The Labute approximate surface area is 121 Å². The fourth-order valence-electron chi connectivity index (χ4n) is 3.16. The molecule has 0 aliphatic carbocycles. The Morgan fingerprint density at radius 2 is 2.25 bits per heavy atom. The van der Waals surface area contributed by atoms with E-state index in [1.165, 1.54) is 25.8 Å². The van der Waals surface area contributed by atoms with Crippen molar-refractivity contribution in [3.8, 4) is 0 Å². The van der Waals surface area contributed by atoms with Gasteiger partial charge in [0.05, 0.1) is 5.69 Å². The molecule has 3 heterocycles.